The van der Waals surface area contributed by atoms with Crippen LogP contribution in [0.4, 0.5) is 0 Å². The fourth-order valence-corrected chi connectivity index (χ4v) is 4.38. The Bertz CT molecular complexity index is 1630. The van der Waals surface area contributed by atoms with E-state index in [9.17, 15) is 0 Å². The van der Waals surface area contributed by atoms with Crippen LogP contribution in [-0.4, -0.2) is 61.0 Å². The van der Waals surface area contributed by atoms with E-state index < -0.39 is 0 Å². The van der Waals surface area contributed by atoms with Gasteiger partial charge in [0.15, 0.2) is 22.9 Å². The van der Waals surface area contributed by atoms with E-state index in [2.05, 4.69) is 50.8 Å². The number of H-pyrrole nitrogens is 2. The molecule has 6 rings (SSSR count). The van der Waals surface area contributed by atoms with E-state index in [1.54, 1.807) is 24.8 Å². The predicted molar refractivity (Wildman–Crippen MR) is 135 cm³/mol. The van der Waals surface area contributed by atoms with Crippen LogP contribution in [0.2, 0.25) is 0 Å². The summed E-state index contributed by atoms with van der Waals surface area (Å²) in [5, 5.41) is 33.3. The fraction of sp³-hybridized carbons (Fsp3) is 0.167. The zero-order valence-electron chi connectivity index (χ0n) is 20.1. The van der Waals surface area contributed by atoms with Gasteiger partial charge in [0.2, 0.25) is 0 Å². The average molecular weight is 479 g/mol. The Balaban J connectivity index is 1.37. The second kappa shape index (κ2) is 8.34. The Kier molecular flexibility index (Phi) is 4.99. The number of aromatic nitrogens is 10. The predicted octanol–water partition coefficient (Wildman–Crippen LogP) is 3.40. The summed E-state index contributed by atoms with van der Waals surface area (Å²) in [7, 11) is 0. The number of nitrogens with one attached hydrogen (secondary N) is 2. The molecule has 36 heavy (non-hydrogen) atoms. The molecular weight excluding hydrogens is 456 g/mol. The first kappa shape index (κ1) is 21.5. The fourth-order valence-electron chi connectivity index (χ4n) is 4.38. The molecule has 6 aromatic rings. The van der Waals surface area contributed by atoms with Crippen LogP contribution in [-0.2, 0) is 0 Å². The maximum Gasteiger partial charge on any atom is 0.187 e. The Hall–Kier alpha value is -5.00. The van der Waals surface area contributed by atoms with Crippen molar-refractivity contribution in [2.45, 2.75) is 27.7 Å². The molecule has 0 bridgehead atoms. The van der Waals surface area contributed by atoms with Gasteiger partial charge in [0.1, 0.15) is 0 Å². The first-order valence-electron chi connectivity index (χ1n) is 11.3. The van der Waals surface area contributed by atoms with Gasteiger partial charge in [-0.2, -0.15) is 10.2 Å². The van der Waals surface area contributed by atoms with Crippen molar-refractivity contribution in [3.05, 3.63) is 71.6 Å². The lowest BCUT2D eigenvalue weighted by Gasteiger charge is -1.98. The normalized spacial score (nSPS) is 12.8. The number of fused-ring (bicyclic) bond motifs is 2. The van der Waals surface area contributed by atoms with E-state index in [1.165, 1.54) is 0 Å². The molecule has 12 nitrogen and oxygen atoms in total. The van der Waals surface area contributed by atoms with Crippen molar-refractivity contribution in [1.82, 2.24) is 49.6 Å². The van der Waals surface area contributed by atoms with Gasteiger partial charge in [0.05, 0.1) is 22.6 Å². The molecule has 0 aliphatic rings. The number of aromatic amines is 2. The van der Waals surface area contributed by atoms with Crippen molar-refractivity contribution < 1.29 is 0 Å². The maximum atomic E-state index is 4.54. The first-order valence-corrected chi connectivity index (χ1v) is 11.3. The van der Waals surface area contributed by atoms with Crippen LogP contribution >= 0.6 is 0 Å². The number of nitrogens with zero attached hydrogens (tertiary/aromatic N) is 10. The monoisotopic (exact) mass is 478 g/mol. The summed E-state index contributed by atoms with van der Waals surface area (Å²) in [6.45, 7) is 7.77. The molecule has 178 valence electrons. The molecule has 12 heteroatoms. The first-order chi connectivity index (χ1) is 17.5. The third-order valence-electron chi connectivity index (χ3n) is 6.03. The summed E-state index contributed by atoms with van der Waals surface area (Å²) >= 11 is 0. The molecule has 0 fully saturated rings. The summed E-state index contributed by atoms with van der Waals surface area (Å²) in [5.74, 6) is 1.41. The number of pyridine rings is 2. The summed E-state index contributed by atoms with van der Waals surface area (Å²) in [5.41, 5.74) is 8.20. The van der Waals surface area contributed by atoms with Gasteiger partial charge in [0.25, 0.3) is 0 Å². The minimum Gasteiger partial charge on any atom is -0.294 e. The van der Waals surface area contributed by atoms with Gasteiger partial charge in [0, 0.05) is 47.3 Å². The van der Waals surface area contributed by atoms with E-state index in [0.29, 0.717) is 22.9 Å². The molecule has 0 saturated carbocycles. The molecule has 6 heterocycles. The van der Waals surface area contributed by atoms with Gasteiger partial charge in [-0.05, 0) is 52.0 Å². The molecule has 0 saturated heterocycles. The van der Waals surface area contributed by atoms with Gasteiger partial charge in [-0.1, -0.05) is 0 Å². The van der Waals surface area contributed by atoms with Crippen LogP contribution in [0.15, 0.2) is 59.3 Å². The van der Waals surface area contributed by atoms with E-state index in [-0.39, 0.29) is 0 Å². The number of aryl methyl sites for hydroxylation is 2. The Morgan fingerprint density at radius 2 is 1.03 bits per heavy atom. The summed E-state index contributed by atoms with van der Waals surface area (Å²) in [6, 6.07) is 7.58. The van der Waals surface area contributed by atoms with Crippen molar-refractivity contribution in [2.24, 2.45) is 10.2 Å². The minimum atomic E-state index is 0.688. The number of hydrogen-bond acceptors (Lipinski definition) is 8. The third kappa shape index (κ3) is 3.38. The van der Waals surface area contributed by atoms with Crippen molar-refractivity contribution in [2.75, 3.05) is 0 Å². The van der Waals surface area contributed by atoms with Crippen molar-refractivity contribution in [3.8, 4) is 22.8 Å². The summed E-state index contributed by atoms with van der Waals surface area (Å²) in [4.78, 5) is 8.15. The molecule has 0 atom stereocenters. The molecule has 0 amide bonds. The lowest BCUT2D eigenvalue weighted by molar-refractivity contribution is 0.937. The minimum absolute atomic E-state index is 0.688. The van der Waals surface area contributed by atoms with Crippen LogP contribution in [0.3, 0.4) is 0 Å². The van der Waals surface area contributed by atoms with Gasteiger partial charge in [-0.3, -0.25) is 20.2 Å². The number of hydrogen-bond donors (Lipinski definition) is 2. The molecule has 2 N–H and O–H groups in total. The zero-order valence-corrected chi connectivity index (χ0v) is 20.1. The maximum absolute atomic E-state index is 4.54. The average Bonchev–Trinajstić information content (AvgIpc) is 3.63. The van der Waals surface area contributed by atoms with E-state index in [4.69, 9.17) is 0 Å². The van der Waals surface area contributed by atoms with Crippen molar-refractivity contribution >= 4 is 22.7 Å². The van der Waals surface area contributed by atoms with Crippen LogP contribution < -0.4 is 0 Å². The van der Waals surface area contributed by atoms with Crippen LogP contribution in [0.5, 0.6) is 0 Å². The lowest BCUT2D eigenvalue weighted by Crippen LogP contribution is -2.00. The highest BCUT2D eigenvalue weighted by Crippen LogP contribution is 2.23. The quantitative estimate of drug-likeness (QED) is 0.287. The SMILES string of the molecule is C/C(=N\N=C(/C)c1c(C)[nH]n2c(-c3ccncc3)nnc12)c1c(C)[nH]n2c(-c3ccncc3)nnc12. The number of rotatable bonds is 5. The lowest BCUT2D eigenvalue weighted by atomic mass is 10.1. The molecule has 0 aromatic carbocycles. The Labute approximate surface area is 204 Å². The third-order valence-corrected chi connectivity index (χ3v) is 6.03. The molecular formula is C24H22N12. The molecule has 0 aliphatic heterocycles. The standard InChI is InChI=1S/C24H22N12/c1-13(19-15(3)33-35-21(29-31-23(19)35)17-5-9-25-10-6-17)27-28-14(2)20-16(4)34-36-22(30-32-24(20)36)18-7-11-26-12-8-18/h5-12,33-34H,1-4H3/b27-13+,28-14+. The smallest absolute Gasteiger partial charge is 0.187 e. The Morgan fingerprint density at radius 3 is 1.42 bits per heavy atom. The highest BCUT2D eigenvalue weighted by molar-refractivity contribution is 6.07. The molecule has 0 radical (unpaired) electrons. The van der Waals surface area contributed by atoms with Crippen molar-refractivity contribution in [3.63, 3.8) is 0 Å². The zero-order chi connectivity index (χ0) is 24.8. The van der Waals surface area contributed by atoms with E-state index in [1.807, 2.05) is 61.0 Å². The molecule has 6 aromatic heterocycles. The Morgan fingerprint density at radius 1 is 0.639 bits per heavy atom. The largest absolute Gasteiger partial charge is 0.294 e. The topological polar surface area (TPSA) is 142 Å². The van der Waals surface area contributed by atoms with E-state index >= 15 is 0 Å². The van der Waals surface area contributed by atoms with Crippen molar-refractivity contribution in [1.29, 1.82) is 0 Å². The van der Waals surface area contributed by atoms with Gasteiger partial charge < -0.3 is 0 Å². The van der Waals surface area contributed by atoms with E-state index in [0.717, 1.165) is 45.1 Å². The van der Waals surface area contributed by atoms with Gasteiger partial charge >= 0.3 is 0 Å². The molecule has 0 spiro atoms. The van der Waals surface area contributed by atoms with Gasteiger partial charge in [-0.25, -0.2) is 9.03 Å². The van der Waals surface area contributed by atoms with Crippen LogP contribution in [0.25, 0.3) is 34.1 Å². The highest BCUT2D eigenvalue weighted by Gasteiger charge is 2.20. The second-order valence-electron chi connectivity index (χ2n) is 8.43. The molecule has 0 aliphatic carbocycles. The summed E-state index contributed by atoms with van der Waals surface area (Å²) in [6.07, 6.45) is 6.92. The van der Waals surface area contributed by atoms with Gasteiger partial charge in [-0.15, -0.1) is 20.4 Å². The highest BCUT2D eigenvalue weighted by atomic mass is 15.4. The summed E-state index contributed by atoms with van der Waals surface area (Å²) < 4.78 is 3.71. The molecule has 0 unspecified atom stereocenters. The second-order valence-corrected chi connectivity index (χ2v) is 8.43. The van der Waals surface area contributed by atoms with Crippen LogP contribution in [0, 0.1) is 13.8 Å². The van der Waals surface area contributed by atoms with Crippen LogP contribution in [0.1, 0.15) is 36.4 Å².